The van der Waals surface area contributed by atoms with E-state index in [1.807, 2.05) is 48.5 Å². The Balaban J connectivity index is 1.55. The second-order valence-corrected chi connectivity index (χ2v) is 8.36. The number of carbonyl (C=O) groups is 1. The molecule has 2 fully saturated rings. The number of benzene rings is 2. The molecular weight excluding hydrogens is 396 g/mol. The molecule has 7 nitrogen and oxygen atoms in total. The number of β-amino-alcohol motifs (C(OH)–C–C–N with tert-alkyl or cyclic N) is 1. The van der Waals surface area contributed by atoms with E-state index >= 15 is 0 Å². The van der Waals surface area contributed by atoms with E-state index in [0.29, 0.717) is 18.7 Å². The van der Waals surface area contributed by atoms with Gasteiger partial charge in [0.15, 0.2) is 6.29 Å². The molecule has 0 spiro atoms. The van der Waals surface area contributed by atoms with Gasteiger partial charge in [-0.25, -0.2) is 0 Å². The minimum Gasteiger partial charge on any atom is -0.392 e. The van der Waals surface area contributed by atoms with Gasteiger partial charge >= 0.3 is 0 Å². The quantitative estimate of drug-likeness (QED) is 0.658. The van der Waals surface area contributed by atoms with Crippen molar-refractivity contribution >= 4 is 11.6 Å². The van der Waals surface area contributed by atoms with Crippen LogP contribution in [0.1, 0.15) is 48.8 Å². The average Bonchev–Trinajstić information content (AvgIpc) is 3.17. The maximum absolute atomic E-state index is 11.4. The molecule has 0 saturated carbocycles. The van der Waals surface area contributed by atoms with E-state index < -0.39 is 6.29 Å². The highest BCUT2D eigenvalue weighted by Gasteiger charge is 2.34. The summed E-state index contributed by atoms with van der Waals surface area (Å²) in [5, 5.41) is 22.0. The Labute approximate surface area is 182 Å². The van der Waals surface area contributed by atoms with Crippen molar-refractivity contribution in [3.8, 4) is 0 Å². The molecule has 1 amide bonds. The van der Waals surface area contributed by atoms with E-state index in [-0.39, 0.29) is 30.8 Å². The van der Waals surface area contributed by atoms with E-state index in [2.05, 4.69) is 10.2 Å². The lowest BCUT2D eigenvalue weighted by Gasteiger charge is -2.38. The highest BCUT2D eigenvalue weighted by Crippen LogP contribution is 2.38. The minimum atomic E-state index is -0.567. The van der Waals surface area contributed by atoms with Crippen LogP contribution >= 0.6 is 0 Å². The van der Waals surface area contributed by atoms with Gasteiger partial charge in [0.05, 0.1) is 24.9 Å². The zero-order valence-corrected chi connectivity index (χ0v) is 17.7. The first-order valence-corrected chi connectivity index (χ1v) is 10.8. The van der Waals surface area contributed by atoms with Gasteiger partial charge in [-0.1, -0.05) is 36.4 Å². The van der Waals surface area contributed by atoms with Crippen molar-refractivity contribution in [2.45, 2.75) is 51.0 Å². The lowest BCUT2D eigenvalue weighted by atomic mass is 9.99. The van der Waals surface area contributed by atoms with E-state index in [9.17, 15) is 15.0 Å². The molecule has 0 radical (unpaired) electrons. The molecule has 4 rings (SSSR count). The first kappa shape index (κ1) is 21.9. The van der Waals surface area contributed by atoms with Crippen LogP contribution in [0, 0.1) is 0 Å². The highest BCUT2D eigenvalue weighted by molar-refractivity contribution is 5.88. The average molecular weight is 427 g/mol. The third-order valence-electron chi connectivity index (χ3n) is 5.80. The summed E-state index contributed by atoms with van der Waals surface area (Å²) in [6.45, 7) is 3.74. The number of amides is 1. The minimum absolute atomic E-state index is 0.00733. The highest BCUT2D eigenvalue weighted by atomic mass is 16.7. The number of anilines is 1. The molecule has 7 heteroatoms. The van der Waals surface area contributed by atoms with E-state index in [0.717, 1.165) is 36.2 Å². The molecule has 2 aliphatic heterocycles. The lowest BCUT2D eigenvalue weighted by molar-refractivity contribution is -0.252. The summed E-state index contributed by atoms with van der Waals surface area (Å²) in [7, 11) is 0. The summed E-state index contributed by atoms with van der Waals surface area (Å²) in [6.07, 6.45) is 0.434. The zero-order chi connectivity index (χ0) is 21.8. The van der Waals surface area contributed by atoms with Gasteiger partial charge in [0.2, 0.25) is 5.91 Å². The van der Waals surface area contributed by atoms with Gasteiger partial charge in [0.25, 0.3) is 0 Å². The summed E-state index contributed by atoms with van der Waals surface area (Å²) in [5.74, 6) is -0.130. The van der Waals surface area contributed by atoms with Crippen LogP contribution in [0.15, 0.2) is 48.5 Å². The molecular formula is C24H30N2O5. The van der Waals surface area contributed by atoms with E-state index in [1.54, 1.807) is 0 Å². The third-order valence-corrected chi connectivity index (χ3v) is 5.80. The Morgan fingerprint density at radius 3 is 2.65 bits per heavy atom. The van der Waals surface area contributed by atoms with Gasteiger partial charge < -0.3 is 25.0 Å². The third kappa shape index (κ3) is 5.70. The number of carbonyl (C=O) groups excluding carboxylic acids is 1. The van der Waals surface area contributed by atoms with Crippen LogP contribution < -0.4 is 5.32 Å². The Hall–Kier alpha value is -2.29. The zero-order valence-electron chi connectivity index (χ0n) is 17.7. The second kappa shape index (κ2) is 9.89. The van der Waals surface area contributed by atoms with Crippen molar-refractivity contribution in [2.24, 2.45) is 0 Å². The Morgan fingerprint density at radius 1 is 1.16 bits per heavy atom. The number of likely N-dealkylation sites (tertiary alicyclic amines) is 1. The van der Waals surface area contributed by atoms with Crippen molar-refractivity contribution in [2.75, 3.05) is 25.0 Å². The standard InChI is InChI=1S/C24H30N2O5/c1-16(28)25-20-4-2-3-19(11-20)24-30-22(14-26-10-9-21(29)13-26)12-23(31-24)18-7-5-17(15-27)6-8-18/h2-8,11,21-24,27,29H,9-10,12-15H2,1H3,(H,25,28). The van der Waals surface area contributed by atoms with E-state index in [1.165, 1.54) is 6.92 Å². The van der Waals surface area contributed by atoms with Crippen molar-refractivity contribution < 1.29 is 24.5 Å². The molecule has 4 atom stereocenters. The normalized spacial score (nSPS) is 26.7. The van der Waals surface area contributed by atoms with Crippen LogP contribution in [0.4, 0.5) is 5.69 Å². The molecule has 2 aromatic carbocycles. The monoisotopic (exact) mass is 426 g/mol. The summed E-state index contributed by atoms with van der Waals surface area (Å²) >= 11 is 0. The maximum Gasteiger partial charge on any atom is 0.221 e. The van der Waals surface area contributed by atoms with Crippen LogP contribution in [0.2, 0.25) is 0 Å². The van der Waals surface area contributed by atoms with Crippen molar-refractivity contribution in [3.63, 3.8) is 0 Å². The molecule has 4 unspecified atom stereocenters. The maximum atomic E-state index is 11.4. The topological polar surface area (TPSA) is 91.3 Å². The van der Waals surface area contributed by atoms with Gasteiger partial charge in [-0.2, -0.15) is 0 Å². The number of ether oxygens (including phenoxy) is 2. The van der Waals surface area contributed by atoms with Gasteiger partial charge in [-0.05, 0) is 29.7 Å². The number of nitrogens with one attached hydrogen (secondary N) is 1. The molecule has 31 heavy (non-hydrogen) atoms. The van der Waals surface area contributed by atoms with Gasteiger partial charge in [-0.3, -0.25) is 9.69 Å². The summed E-state index contributed by atoms with van der Waals surface area (Å²) in [6, 6.07) is 15.3. The number of aliphatic hydroxyl groups is 2. The summed E-state index contributed by atoms with van der Waals surface area (Å²) < 4.78 is 12.7. The summed E-state index contributed by atoms with van der Waals surface area (Å²) in [5.41, 5.74) is 3.44. The number of aliphatic hydroxyl groups excluding tert-OH is 2. The molecule has 3 N–H and O–H groups in total. The fourth-order valence-electron chi connectivity index (χ4n) is 4.27. The Bertz CT molecular complexity index is 888. The lowest BCUT2D eigenvalue weighted by Crippen LogP contribution is -2.38. The van der Waals surface area contributed by atoms with Gasteiger partial charge in [0, 0.05) is 44.2 Å². The van der Waals surface area contributed by atoms with Crippen molar-refractivity contribution in [1.29, 1.82) is 0 Å². The van der Waals surface area contributed by atoms with Crippen LogP contribution in [0.5, 0.6) is 0 Å². The van der Waals surface area contributed by atoms with Crippen molar-refractivity contribution in [1.82, 2.24) is 4.90 Å². The fraction of sp³-hybridized carbons (Fsp3) is 0.458. The molecule has 2 saturated heterocycles. The van der Waals surface area contributed by atoms with Crippen molar-refractivity contribution in [3.05, 3.63) is 65.2 Å². The largest absolute Gasteiger partial charge is 0.392 e. The van der Waals surface area contributed by atoms with Gasteiger partial charge in [0.1, 0.15) is 0 Å². The van der Waals surface area contributed by atoms with Gasteiger partial charge in [-0.15, -0.1) is 0 Å². The molecule has 0 bridgehead atoms. The first-order valence-electron chi connectivity index (χ1n) is 10.8. The smallest absolute Gasteiger partial charge is 0.221 e. The number of hydrogen-bond donors (Lipinski definition) is 3. The van der Waals surface area contributed by atoms with Crippen LogP contribution in [0.3, 0.4) is 0 Å². The first-order chi connectivity index (χ1) is 15.0. The fourth-order valence-corrected chi connectivity index (χ4v) is 4.27. The molecule has 0 aromatic heterocycles. The van der Waals surface area contributed by atoms with Crippen LogP contribution in [0.25, 0.3) is 0 Å². The number of rotatable bonds is 6. The number of nitrogens with zero attached hydrogens (tertiary/aromatic N) is 1. The SMILES string of the molecule is CC(=O)Nc1cccc(C2OC(CN3CCC(O)C3)CC(c3ccc(CO)cc3)O2)c1. The Kier molecular flexibility index (Phi) is 6.99. The predicted molar refractivity (Wildman–Crippen MR) is 116 cm³/mol. The predicted octanol–water partition coefficient (Wildman–Crippen LogP) is 2.75. The second-order valence-electron chi connectivity index (χ2n) is 8.36. The Morgan fingerprint density at radius 2 is 1.97 bits per heavy atom. The van der Waals surface area contributed by atoms with E-state index in [4.69, 9.17) is 9.47 Å². The summed E-state index contributed by atoms with van der Waals surface area (Å²) in [4.78, 5) is 13.7. The molecule has 2 aromatic rings. The molecule has 166 valence electrons. The number of hydrogen-bond acceptors (Lipinski definition) is 6. The van der Waals surface area contributed by atoms with Crippen LogP contribution in [-0.4, -0.2) is 52.9 Å². The molecule has 0 aliphatic carbocycles. The van der Waals surface area contributed by atoms with Crippen LogP contribution in [-0.2, 0) is 20.9 Å². The molecule has 2 aliphatic rings. The molecule has 2 heterocycles.